The zero-order valence-electron chi connectivity index (χ0n) is 22.8. The zero-order valence-corrected chi connectivity index (χ0v) is 23.6. The van der Waals surface area contributed by atoms with Crippen LogP contribution in [0.25, 0.3) is 44.6 Å². The second-order valence-corrected chi connectivity index (χ2v) is 11.6. The Morgan fingerprint density at radius 2 is 1.60 bits per heavy atom. The Labute approximate surface area is 242 Å². The van der Waals surface area contributed by atoms with Crippen LogP contribution in [0.15, 0.2) is 94.3 Å². The summed E-state index contributed by atoms with van der Waals surface area (Å²) >= 11 is 0. The highest BCUT2D eigenvalue weighted by Gasteiger charge is 2.31. The van der Waals surface area contributed by atoms with Gasteiger partial charge in [0, 0.05) is 24.1 Å². The minimum Gasteiger partial charge on any atom is -0.384 e. The molecule has 0 radical (unpaired) electrons. The number of rotatable bonds is 9. The maximum atomic E-state index is 14.0. The molecular formula is C33H28F2N2O4S. The van der Waals surface area contributed by atoms with E-state index >= 15 is 0 Å². The van der Waals surface area contributed by atoms with E-state index in [0.29, 0.717) is 40.9 Å². The molecule has 0 aliphatic heterocycles. The number of unbranched alkanes of at least 4 members (excludes halogenated alkanes) is 1. The number of alkyl halides is 2. The van der Waals surface area contributed by atoms with Gasteiger partial charge in [0.15, 0.2) is 0 Å². The van der Waals surface area contributed by atoms with Crippen LogP contribution < -0.4 is 5.32 Å². The Hall–Kier alpha value is -4.34. The molecule has 0 saturated carbocycles. The van der Waals surface area contributed by atoms with E-state index in [9.17, 15) is 21.8 Å². The first-order chi connectivity index (χ1) is 20.3. The lowest BCUT2D eigenvalue weighted by Gasteiger charge is -2.19. The Morgan fingerprint density at radius 1 is 0.905 bits per heavy atom. The molecule has 1 heterocycles. The van der Waals surface area contributed by atoms with E-state index in [1.165, 1.54) is 0 Å². The van der Waals surface area contributed by atoms with Gasteiger partial charge in [0.1, 0.15) is 10.6 Å². The lowest BCUT2D eigenvalue weighted by atomic mass is 9.94. The van der Waals surface area contributed by atoms with Gasteiger partial charge < -0.3 is 9.84 Å². The maximum Gasteiger partial charge on any atom is 0.298 e. The van der Waals surface area contributed by atoms with Gasteiger partial charge in [-0.3, -0.25) is 4.55 Å². The van der Waals surface area contributed by atoms with Gasteiger partial charge in [-0.2, -0.15) is 8.42 Å². The fourth-order valence-electron chi connectivity index (χ4n) is 5.65. The number of hydrogen-bond donors (Lipinski definition) is 2. The highest BCUT2D eigenvalue weighted by atomic mass is 32.2. The van der Waals surface area contributed by atoms with Crippen LogP contribution >= 0.6 is 0 Å². The SMILES string of the molecule is CCCCNc1c2c(cc(-c3ccc(-c4c(-c5ccccc5)noc4C(F)F)cc3)c1S(=O)(=O)O)-c1ccccc1C2. The van der Waals surface area contributed by atoms with Crippen molar-refractivity contribution in [3.05, 3.63) is 102 Å². The van der Waals surface area contributed by atoms with Crippen molar-refractivity contribution in [2.45, 2.75) is 37.5 Å². The summed E-state index contributed by atoms with van der Waals surface area (Å²) in [6, 6.07) is 25.2. The average molecular weight is 587 g/mol. The number of aromatic nitrogens is 1. The van der Waals surface area contributed by atoms with E-state index in [1.54, 1.807) is 54.6 Å². The zero-order chi connectivity index (χ0) is 29.4. The molecular weight excluding hydrogens is 558 g/mol. The largest absolute Gasteiger partial charge is 0.384 e. The Balaban J connectivity index is 1.52. The van der Waals surface area contributed by atoms with E-state index in [0.717, 1.165) is 35.1 Å². The van der Waals surface area contributed by atoms with E-state index in [1.807, 2.05) is 37.3 Å². The summed E-state index contributed by atoms with van der Waals surface area (Å²) < 4.78 is 69.4. The van der Waals surface area contributed by atoms with Crippen LogP contribution in [0.1, 0.15) is 43.1 Å². The third-order valence-corrected chi connectivity index (χ3v) is 8.54. The summed E-state index contributed by atoms with van der Waals surface area (Å²) in [7, 11) is -4.66. The molecule has 42 heavy (non-hydrogen) atoms. The lowest BCUT2D eigenvalue weighted by molar-refractivity contribution is 0.113. The number of nitrogens with zero attached hydrogens (tertiary/aromatic N) is 1. The molecule has 0 fully saturated rings. The number of anilines is 1. The van der Waals surface area contributed by atoms with Crippen LogP contribution in [0, 0.1) is 0 Å². The smallest absolute Gasteiger partial charge is 0.298 e. The van der Waals surface area contributed by atoms with Crippen molar-refractivity contribution in [2.24, 2.45) is 0 Å². The highest BCUT2D eigenvalue weighted by molar-refractivity contribution is 7.86. The molecule has 2 N–H and O–H groups in total. The molecule has 0 bridgehead atoms. The number of benzene rings is 4. The van der Waals surface area contributed by atoms with E-state index in [-0.39, 0.29) is 16.2 Å². The molecule has 9 heteroatoms. The predicted molar refractivity (Wildman–Crippen MR) is 159 cm³/mol. The fraction of sp³-hybridized carbons (Fsp3) is 0.182. The molecule has 5 aromatic rings. The molecule has 1 aliphatic rings. The van der Waals surface area contributed by atoms with Crippen molar-refractivity contribution in [3.63, 3.8) is 0 Å². The number of halogens is 2. The lowest BCUT2D eigenvalue weighted by Crippen LogP contribution is -2.12. The van der Waals surface area contributed by atoms with E-state index in [2.05, 4.69) is 10.5 Å². The van der Waals surface area contributed by atoms with Gasteiger partial charge in [-0.05, 0) is 45.9 Å². The Morgan fingerprint density at radius 3 is 2.29 bits per heavy atom. The summed E-state index contributed by atoms with van der Waals surface area (Å²) in [6.07, 6.45) is -0.620. The van der Waals surface area contributed by atoms with Crippen molar-refractivity contribution in [3.8, 4) is 44.6 Å². The Bertz CT molecular complexity index is 1870. The molecule has 0 saturated heterocycles. The number of hydrogen-bond acceptors (Lipinski definition) is 5. The predicted octanol–water partition coefficient (Wildman–Crippen LogP) is 8.64. The normalized spacial score (nSPS) is 12.4. The topological polar surface area (TPSA) is 92.4 Å². The Kier molecular flexibility index (Phi) is 7.38. The third kappa shape index (κ3) is 4.99. The molecule has 6 nitrogen and oxygen atoms in total. The summed E-state index contributed by atoms with van der Waals surface area (Å²) in [5, 5.41) is 7.25. The van der Waals surface area contributed by atoms with Crippen LogP contribution in [0.2, 0.25) is 0 Å². The van der Waals surface area contributed by atoms with Gasteiger partial charge in [0.2, 0.25) is 5.76 Å². The highest BCUT2D eigenvalue weighted by Crippen LogP contribution is 2.48. The molecule has 6 rings (SSSR count). The molecule has 0 unspecified atom stereocenters. The van der Waals surface area contributed by atoms with Crippen molar-refractivity contribution < 1.29 is 26.3 Å². The van der Waals surface area contributed by atoms with Crippen molar-refractivity contribution in [1.82, 2.24) is 5.16 Å². The molecule has 214 valence electrons. The number of nitrogens with one attached hydrogen (secondary N) is 1. The van der Waals surface area contributed by atoms with Crippen LogP contribution in [-0.2, 0) is 16.5 Å². The second-order valence-electron chi connectivity index (χ2n) is 10.3. The van der Waals surface area contributed by atoms with Crippen molar-refractivity contribution in [1.29, 1.82) is 0 Å². The first kappa shape index (κ1) is 27.8. The molecule has 0 spiro atoms. The van der Waals surface area contributed by atoms with Crippen LogP contribution in [0.4, 0.5) is 14.5 Å². The van der Waals surface area contributed by atoms with Gasteiger partial charge in [-0.25, -0.2) is 8.78 Å². The minimum absolute atomic E-state index is 0.169. The van der Waals surface area contributed by atoms with Gasteiger partial charge in [-0.1, -0.05) is 97.4 Å². The van der Waals surface area contributed by atoms with Gasteiger partial charge in [0.05, 0.1) is 11.3 Å². The maximum absolute atomic E-state index is 14.0. The molecule has 1 aliphatic carbocycles. The van der Waals surface area contributed by atoms with Gasteiger partial charge >= 0.3 is 0 Å². The van der Waals surface area contributed by atoms with Gasteiger partial charge in [0.25, 0.3) is 16.5 Å². The quantitative estimate of drug-likeness (QED) is 0.130. The second kappa shape index (κ2) is 11.2. The third-order valence-electron chi connectivity index (χ3n) is 7.60. The fourth-order valence-corrected chi connectivity index (χ4v) is 6.56. The molecule has 0 atom stereocenters. The monoisotopic (exact) mass is 586 g/mol. The standard InChI is InChI=1S/C33H28F2N2O4S/c1-2-3-17-36-30-27-18-23-11-7-8-12-24(23)26(27)19-25(32(30)42(38,39)40)20-13-15-21(16-14-20)28-29(22-9-5-4-6-10-22)37-41-31(28)33(34)35/h4-16,19,33,36H,2-3,17-18H2,1H3,(H,38,39,40). The summed E-state index contributed by atoms with van der Waals surface area (Å²) in [6.45, 7) is 2.58. The van der Waals surface area contributed by atoms with Crippen LogP contribution in [0.3, 0.4) is 0 Å². The van der Waals surface area contributed by atoms with Crippen LogP contribution in [-0.4, -0.2) is 24.7 Å². The molecule has 1 aromatic heterocycles. The van der Waals surface area contributed by atoms with E-state index < -0.39 is 22.3 Å². The van der Waals surface area contributed by atoms with Crippen molar-refractivity contribution >= 4 is 15.8 Å². The summed E-state index contributed by atoms with van der Waals surface area (Å²) in [5.41, 5.74) is 6.52. The number of fused-ring (bicyclic) bond motifs is 3. The summed E-state index contributed by atoms with van der Waals surface area (Å²) in [4.78, 5) is -0.193. The first-order valence-corrected chi connectivity index (χ1v) is 15.2. The van der Waals surface area contributed by atoms with E-state index in [4.69, 9.17) is 4.52 Å². The van der Waals surface area contributed by atoms with Crippen molar-refractivity contribution in [2.75, 3.05) is 11.9 Å². The van der Waals surface area contributed by atoms with Crippen LogP contribution in [0.5, 0.6) is 0 Å². The minimum atomic E-state index is -4.66. The molecule has 4 aromatic carbocycles. The molecule has 0 amide bonds. The van der Waals surface area contributed by atoms with Gasteiger partial charge in [-0.15, -0.1) is 0 Å². The first-order valence-electron chi connectivity index (χ1n) is 13.7. The summed E-state index contributed by atoms with van der Waals surface area (Å²) in [5.74, 6) is -0.545. The average Bonchev–Trinajstić information content (AvgIpc) is 3.60.